The summed E-state index contributed by atoms with van der Waals surface area (Å²) in [6, 6.07) is 9.63. The van der Waals surface area contributed by atoms with Crippen LogP contribution in [0.3, 0.4) is 0 Å². The molecule has 0 bridgehead atoms. The van der Waals surface area contributed by atoms with Crippen molar-refractivity contribution in [1.82, 2.24) is 9.88 Å². The Morgan fingerprint density at radius 3 is 2.30 bits per heavy atom. The van der Waals surface area contributed by atoms with Crippen LogP contribution in [0.1, 0.15) is 77.3 Å². The molecule has 160 valence electrons. The van der Waals surface area contributed by atoms with E-state index in [0.29, 0.717) is 17.2 Å². The molecule has 0 radical (unpaired) electrons. The Bertz CT molecular complexity index is 960. The molecule has 1 fully saturated rings. The van der Waals surface area contributed by atoms with E-state index in [9.17, 15) is 14.4 Å². The van der Waals surface area contributed by atoms with Crippen LogP contribution in [0.5, 0.6) is 0 Å². The molecule has 6 heteroatoms. The smallest absolute Gasteiger partial charge is 0.325 e. The van der Waals surface area contributed by atoms with E-state index in [2.05, 4.69) is 30.7 Å². The Kier molecular flexibility index (Phi) is 6.15. The van der Waals surface area contributed by atoms with Gasteiger partial charge in [0.25, 0.3) is 5.91 Å². The van der Waals surface area contributed by atoms with E-state index >= 15 is 0 Å². The van der Waals surface area contributed by atoms with Gasteiger partial charge >= 0.3 is 5.97 Å². The number of carbonyl (C=O) groups is 3. The topological polar surface area (TPSA) is 77.4 Å². The quantitative estimate of drug-likeness (QED) is 0.555. The second kappa shape index (κ2) is 8.46. The van der Waals surface area contributed by atoms with Crippen LogP contribution in [0, 0.1) is 13.8 Å². The van der Waals surface area contributed by atoms with Crippen LogP contribution in [0.25, 0.3) is 0 Å². The van der Waals surface area contributed by atoms with Crippen molar-refractivity contribution >= 4 is 17.7 Å². The van der Waals surface area contributed by atoms with E-state index in [0.717, 1.165) is 29.8 Å². The summed E-state index contributed by atoms with van der Waals surface area (Å²) in [7, 11) is 0. The maximum Gasteiger partial charge on any atom is 0.325 e. The zero-order valence-corrected chi connectivity index (χ0v) is 18.4. The van der Waals surface area contributed by atoms with Crippen molar-refractivity contribution in [3.63, 3.8) is 0 Å². The summed E-state index contributed by atoms with van der Waals surface area (Å²) >= 11 is 0. The maximum absolute atomic E-state index is 12.5. The van der Waals surface area contributed by atoms with Gasteiger partial charge in [0, 0.05) is 28.6 Å². The minimum Gasteiger partial charge on any atom is -0.456 e. The van der Waals surface area contributed by atoms with Gasteiger partial charge in [-0.25, -0.2) is 0 Å². The zero-order valence-electron chi connectivity index (χ0n) is 18.4. The average molecular weight is 411 g/mol. The Labute approximate surface area is 177 Å². The lowest BCUT2D eigenvalue weighted by atomic mass is 9.87. The van der Waals surface area contributed by atoms with Gasteiger partial charge in [-0.15, -0.1) is 0 Å². The molecule has 1 aliphatic carbocycles. The van der Waals surface area contributed by atoms with E-state index in [1.54, 1.807) is 12.1 Å². The lowest BCUT2D eigenvalue weighted by Gasteiger charge is -2.19. The molecule has 0 spiro atoms. The maximum atomic E-state index is 12.5. The van der Waals surface area contributed by atoms with Crippen molar-refractivity contribution in [2.45, 2.75) is 58.9 Å². The fourth-order valence-electron chi connectivity index (χ4n) is 3.60. The lowest BCUT2D eigenvalue weighted by molar-refractivity contribution is -0.141. The van der Waals surface area contributed by atoms with Crippen LogP contribution in [0.2, 0.25) is 0 Å². The van der Waals surface area contributed by atoms with Gasteiger partial charge < -0.3 is 14.6 Å². The molecule has 0 saturated heterocycles. The van der Waals surface area contributed by atoms with Gasteiger partial charge in [0.1, 0.15) is 6.54 Å². The number of esters is 1. The second-order valence-corrected chi connectivity index (χ2v) is 8.98. The van der Waals surface area contributed by atoms with Gasteiger partial charge in [0.2, 0.25) is 5.78 Å². The first-order valence-corrected chi connectivity index (χ1v) is 10.3. The first-order chi connectivity index (χ1) is 14.1. The Balaban J connectivity index is 1.48. The number of Topliss-reactive ketones (excluding diaryl/α,β-unsaturated/α-hetero) is 1. The molecule has 3 rings (SSSR count). The molecule has 1 N–H and O–H groups in total. The molecule has 1 aromatic carbocycles. The molecule has 1 aliphatic rings. The number of nitrogens with one attached hydrogen (secondary N) is 1. The standard InChI is InChI=1S/C24H30N2O4/c1-15-12-20(16(2)26(15)19-10-11-19)21(27)14-30-22(28)13-25-23(29)17-6-8-18(9-7-17)24(3,4)5/h6-9,12,19H,10-11,13-14H2,1-5H3,(H,25,29). The van der Waals surface area contributed by atoms with Crippen LogP contribution in [0.15, 0.2) is 30.3 Å². The van der Waals surface area contributed by atoms with Crippen molar-refractivity contribution in [2.24, 2.45) is 0 Å². The molecule has 0 aliphatic heterocycles. The van der Waals surface area contributed by atoms with Gasteiger partial charge in [0.05, 0.1) is 0 Å². The lowest BCUT2D eigenvalue weighted by Crippen LogP contribution is -2.31. The van der Waals surface area contributed by atoms with Gasteiger partial charge in [-0.05, 0) is 55.9 Å². The molecule has 1 heterocycles. The number of benzene rings is 1. The average Bonchev–Trinajstić information content (AvgIpc) is 3.48. The van der Waals surface area contributed by atoms with E-state index in [1.807, 2.05) is 32.0 Å². The predicted molar refractivity (Wildman–Crippen MR) is 115 cm³/mol. The zero-order chi connectivity index (χ0) is 22.1. The molecular formula is C24H30N2O4. The molecule has 2 aromatic rings. The summed E-state index contributed by atoms with van der Waals surface area (Å²) in [5, 5.41) is 2.54. The third-order valence-corrected chi connectivity index (χ3v) is 5.47. The number of nitrogens with zero attached hydrogens (tertiary/aromatic N) is 1. The normalized spacial score (nSPS) is 13.8. The highest BCUT2D eigenvalue weighted by Gasteiger charge is 2.28. The van der Waals surface area contributed by atoms with E-state index < -0.39 is 5.97 Å². The molecule has 1 saturated carbocycles. The number of ketones is 1. The number of ether oxygens (including phenoxy) is 1. The summed E-state index contributed by atoms with van der Waals surface area (Å²) in [6.07, 6.45) is 2.27. The number of hydrogen-bond donors (Lipinski definition) is 1. The minimum atomic E-state index is -0.640. The van der Waals surface area contributed by atoms with Crippen molar-refractivity contribution in [3.8, 4) is 0 Å². The van der Waals surface area contributed by atoms with Crippen LogP contribution in [-0.2, 0) is 14.9 Å². The minimum absolute atomic E-state index is 0.00186. The summed E-state index contributed by atoms with van der Waals surface area (Å²) in [4.78, 5) is 36.7. The fraction of sp³-hybridized carbons (Fsp3) is 0.458. The molecular weight excluding hydrogens is 380 g/mol. The largest absolute Gasteiger partial charge is 0.456 e. The molecule has 1 aromatic heterocycles. The number of amides is 1. The monoisotopic (exact) mass is 410 g/mol. The SMILES string of the molecule is Cc1cc(C(=O)COC(=O)CNC(=O)c2ccc(C(C)(C)C)cc2)c(C)n1C1CC1. The van der Waals surface area contributed by atoms with Gasteiger partial charge in [0.15, 0.2) is 6.61 Å². The van der Waals surface area contributed by atoms with Gasteiger partial charge in [-0.1, -0.05) is 32.9 Å². The summed E-state index contributed by atoms with van der Waals surface area (Å²) < 4.78 is 7.26. The molecule has 1 amide bonds. The number of aromatic nitrogens is 1. The summed E-state index contributed by atoms with van der Waals surface area (Å²) in [6.45, 7) is 9.59. The highest BCUT2D eigenvalue weighted by atomic mass is 16.5. The van der Waals surface area contributed by atoms with Crippen LogP contribution in [-0.4, -0.2) is 35.4 Å². The van der Waals surface area contributed by atoms with E-state index in [4.69, 9.17) is 4.74 Å². The fourth-order valence-corrected chi connectivity index (χ4v) is 3.60. The van der Waals surface area contributed by atoms with Crippen molar-refractivity contribution < 1.29 is 19.1 Å². The first-order valence-electron chi connectivity index (χ1n) is 10.3. The number of hydrogen-bond acceptors (Lipinski definition) is 4. The molecule has 0 atom stereocenters. The van der Waals surface area contributed by atoms with Crippen molar-refractivity contribution in [2.75, 3.05) is 13.2 Å². The first kappa shape index (κ1) is 21.8. The Hall–Kier alpha value is -2.89. The molecule has 6 nitrogen and oxygen atoms in total. The highest BCUT2D eigenvalue weighted by molar-refractivity contribution is 6.00. The predicted octanol–water partition coefficient (Wildman–Crippen LogP) is 3.89. The van der Waals surface area contributed by atoms with Gasteiger partial charge in [-0.2, -0.15) is 0 Å². The molecule has 0 unspecified atom stereocenters. The summed E-state index contributed by atoms with van der Waals surface area (Å²) in [5.41, 5.74) is 4.16. The Morgan fingerprint density at radius 2 is 1.73 bits per heavy atom. The third kappa shape index (κ3) is 4.99. The summed E-state index contributed by atoms with van der Waals surface area (Å²) in [5.74, 6) is -1.22. The third-order valence-electron chi connectivity index (χ3n) is 5.47. The van der Waals surface area contributed by atoms with Crippen LogP contribution in [0.4, 0.5) is 0 Å². The second-order valence-electron chi connectivity index (χ2n) is 8.98. The number of carbonyl (C=O) groups excluding carboxylic acids is 3. The van der Waals surface area contributed by atoms with Gasteiger partial charge in [-0.3, -0.25) is 14.4 Å². The van der Waals surface area contributed by atoms with E-state index in [-0.39, 0.29) is 30.3 Å². The van der Waals surface area contributed by atoms with Crippen molar-refractivity contribution in [3.05, 3.63) is 58.4 Å². The van der Waals surface area contributed by atoms with Crippen LogP contribution >= 0.6 is 0 Å². The van der Waals surface area contributed by atoms with E-state index in [1.165, 1.54) is 0 Å². The number of rotatable bonds is 7. The van der Waals surface area contributed by atoms with Crippen molar-refractivity contribution in [1.29, 1.82) is 0 Å². The number of aryl methyl sites for hydroxylation is 1. The highest BCUT2D eigenvalue weighted by Crippen LogP contribution is 2.38. The van der Waals surface area contributed by atoms with Crippen LogP contribution < -0.4 is 5.32 Å². The Morgan fingerprint density at radius 1 is 1.10 bits per heavy atom. The molecule has 30 heavy (non-hydrogen) atoms.